The number of hydrogen-bond donors (Lipinski definition) is 1. The van der Waals surface area contributed by atoms with Gasteiger partial charge < -0.3 is 19.5 Å². The van der Waals surface area contributed by atoms with Crippen molar-refractivity contribution in [1.29, 1.82) is 0 Å². The molecule has 1 amide bonds. The third-order valence-corrected chi connectivity index (χ3v) is 5.81. The fraction of sp³-hybridized carbons (Fsp3) is 0.409. The summed E-state index contributed by atoms with van der Waals surface area (Å²) in [4.78, 5) is 12.8. The first-order valence-corrected chi connectivity index (χ1v) is 9.44. The van der Waals surface area contributed by atoms with E-state index in [-0.39, 0.29) is 17.9 Å². The number of rotatable bonds is 4. The van der Waals surface area contributed by atoms with E-state index in [1.807, 2.05) is 18.2 Å². The van der Waals surface area contributed by atoms with E-state index in [4.69, 9.17) is 9.47 Å². The van der Waals surface area contributed by atoms with Gasteiger partial charge in [0.2, 0.25) is 0 Å². The van der Waals surface area contributed by atoms with Crippen molar-refractivity contribution < 1.29 is 19.4 Å². The molecule has 0 aromatic heterocycles. The van der Waals surface area contributed by atoms with Crippen molar-refractivity contribution in [1.82, 2.24) is 4.90 Å². The summed E-state index contributed by atoms with van der Waals surface area (Å²) in [5.74, 6) is 1.91. The molecule has 5 nitrogen and oxygen atoms in total. The van der Waals surface area contributed by atoms with Gasteiger partial charge in [0.15, 0.2) is 11.5 Å². The zero-order valence-electron chi connectivity index (χ0n) is 15.7. The topological polar surface area (TPSA) is 59.0 Å². The van der Waals surface area contributed by atoms with Gasteiger partial charge in [-0.1, -0.05) is 37.3 Å². The standard InChI is InChI=1S/C22H25NO4/c1-14-12-23(22(24)25)13-19(14)17-7-8-20(26-2)21(11-17)27-18-9-15-5-3-4-6-16(15)10-18/h3-8,11,14,18-19H,9-10,12-13H2,1-2H3,(H,24,25)/t14-,19+/m1/s1. The highest BCUT2D eigenvalue weighted by Crippen LogP contribution is 2.38. The molecule has 5 heteroatoms. The monoisotopic (exact) mass is 367 g/mol. The molecule has 1 aliphatic heterocycles. The number of likely N-dealkylation sites (tertiary alicyclic amines) is 1. The fourth-order valence-corrected chi connectivity index (χ4v) is 4.35. The Morgan fingerprint density at radius 2 is 1.78 bits per heavy atom. The van der Waals surface area contributed by atoms with E-state index in [9.17, 15) is 9.90 Å². The van der Waals surface area contributed by atoms with Gasteiger partial charge in [0.25, 0.3) is 0 Å². The van der Waals surface area contributed by atoms with Crippen LogP contribution in [0.15, 0.2) is 42.5 Å². The lowest BCUT2D eigenvalue weighted by atomic mass is 9.90. The molecule has 0 bridgehead atoms. The Morgan fingerprint density at radius 1 is 1.07 bits per heavy atom. The van der Waals surface area contributed by atoms with Crippen molar-refractivity contribution in [3.05, 3.63) is 59.2 Å². The molecule has 1 heterocycles. The molecule has 0 spiro atoms. The van der Waals surface area contributed by atoms with Crippen molar-refractivity contribution in [3.8, 4) is 11.5 Å². The van der Waals surface area contributed by atoms with E-state index >= 15 is 0 Å². The molecule has 0 radical (unpaired) electrons. The maximum atomic E-state index is 11.3. The highest BCUT2D eigenvalue weighted by atomic mass is 16.5. The van der Waals surface area contributed by atoms with E-state index in [1.165, 1.54) is 16.0 Å². The van der Waals surface area contributed by atoms with Gasteiger partial charge in [-0.25, -0.2) is 4.79 Å². The van der Waals surface area contributed by atoms with Gasteiger partial charge in [0.05, 0.1) is 7.11 Å². The lowest BCUT2D eigenvalue weighted by Crippen LogP contribution is -2.26. The Labute approximate surface area is 159 Å². The number of carboxylic acid groups (broad SMARTS) is 1. The number of carbonyl (C=O) groups is 1. The van der Waals surface area contributed by atoms with Crippen LogP contribution in [0.3, 0.4) is 0 Å². The Hall–Kier alpha value is -2.69. The zero-order valence-corrected chi connectivity index (χ0v) is 15.7. The summed E-state index contributed by atoms with van der Waals surface area (Å²) in [6.07, 6.45) is 1.05. The van der Waals surface area contributed by atoms with Crippen LogP contribution in [0.2, 0.25) is 0 Å². The molecule has 0 saturated carbocycles. The minimum atomic E-state index is -0.849. The number of benzene rings is 2. The summed E-state index contributed by atoms with van der Waals surface area (Å²) in [7, 11) is 1.65. The van der Waals surface area contributed by atoms with Gasteiger partial charge in [-0.05, 0) is 34.7 Å². The molecule has 1 aliphatic carbocycles. The summed E-state index contributed by atoms with van der Waals surface area (Å²) in [5.41, 5.74) is 3.80. The van der Waals surface area contributed by atoms with Crippen LogP contribution in [0, 0.1) is 5.92 Å². The average molecular weight is 367 g/mol. The molecule has 1 fully saturated rings. The summed E-state index contributed by atoms with van der Waals surface area (Å²) in [6, 6.07) is 14.5. The first kappa shape index (κ1) is 17.7. The maximum Gasteiger partial charge on any atom is 0.407 e. The molecule has 2 aromatic rings. The number of methoxy groups -OCH3 is 1. The van der Waals surface area contributed by atoms with Gasteiger partial charge in [0.1, 0.15) is 6.10 Å². The van der Waals surface area contributed by atoms with Crippen molar-refractivity contribution >= 4 is 6.09 Å². The molecule has 27 heavy (non-hydrogen) atoms. The van der Waals surface area contributed by atoms with Crippen LogP contribution in [0.1, 0.15) is 29.5 Å². The summed E-state index contributed by atoms with van der Waals surface area (Å²) in [5, 5.41) is 9.29. The van der Waals surface area contributed by atoms with Crippen molar-refractivity contribution in [2.45, 2.75) is 31.8 Å². The van der Waals surface area contributed by atoms with Crippen LogP contribution in [-0.2, 0) is 12.8 Å². The lowest BCUT2D eigenvalue weighted by Gasteiger charge is -2.20. The van der Waals surface area contributed by atoms with Gasteiger partial charge >= 0.3 is 6.09 Å². The molecule has 1 saturated heterocycles. The molecular weight excluding hydrogens is 342 g/mol. The van der Waals surface area contributed by atoms with Gasteiger partial charge in [0, 0.05) is 31.8 Å². The summed E-state index contributed by atoms with van der Waals surface area (Å²) < 4.78 is 11.8. The second-order valence-electron chi connectivity index (χ2n) is 7.60. The number of nitrogens with zero attached hydrogens (tertiary/aromatic N) is 1. The van der Waals surface area contributed by atoms with Crippen LogP contribution >= 0.6 is 0 Å². The third kappa shape index (κ3) is 3.46. The quantitative estimate of drug-likeness (QED) is 0.889. The number of amides is 1. The first-order chi connectivity index (χ1) is 13.0. The normalized spacial score (nSPS) is 21.9. The van der Waals surface area contributed by atoms with Crippen molar-refractivity contribution in [2.75, 3.05) is 20.2 Å². The molecular formula is C22H25NO4. The number of ether oxygens (including phenoxy) is 2. The van der Waals surface area contributed by atoms with Crippen LogP contribution in [0.4, 0.5) is 4.79 Å². The summed E-state index contributed by atoms with van der Waals surface area (Å²) in [6.45, 7) is 3.20. The van der Waals surface area contributed by atoms with Crippen molar-refractivity contribution in [2.24, 2.45) is 5.92 Å². The molecule has 142 valence electrons. The average Bonchev–Trinajstić information content (AvgIpc) is 3.24. The second-order valence-corrected chi connectivity index (χ2v) is 7.60. The molecule has 2 aliphatic rings. The Bertz CT molecular complexity index is 825. The lowest BCUT2D eigenvalue weighted by molar-refractivity contribution is 0.154. The van der Waals surface area contributed by atoms with E-state index in [1.54, 1.807) is 7.11 Å². The Balaban J connectivity index is 1.54. The Morgan fingerprint density at radius 3 is 2.37 bits per heavy atom. The number of fused-ring (bicyclic) bond motifs is 1. The zero-order chi connectivity index (χ0) is 19.0. The first-order valence-electron chi connectivity index (χ1n) is 9.44. The molecule has 0 unspecified atom stereocenters. The Kier molecular flexibility index (Phi) is 4.68. The second kappa shape index (κ2) is 7.14. The SMILES string of the molecule is COc1ccc([C@H]2CN(C(=O)O)C[C@H]2C)cc1OC1Cc2ccccc2C1. The van der Waals surface area contributed by atoms with Crippen LogP contribution in [0.25, 0.3) is 0 Å². The van der Waals surface area contributed by atoms with E-state index in [2.05, 4.69) is 31.2 Å². The minimum absolute atomic E-state index is 0.100. The van der Waals surface area contributed by atoms with Gasteiger partial charge in [-0.15, -0.1) is 0 Å². The van der Waals surface area contributed by atoms with E-state index in [0.717, 1.165) is 29.9 Å². The van der Waals surface area contributed by atoms with Crippen LogP contribution < -0.4 is 9.47 Å². The molecule has 2 atom stereocenters. The highest BCUT2D eigenvalue weighted by Gasteiger charge is 2.34. The predicted octanol–water partition coefficient (Wildman–Crippen LogP) is 3.95. The summed E-state index contributed by atoms with van der Waals surface area (Å²) >= 11 is 0. The highest BCUT2D eigenvalue weighted by molar-refractivity contribution is 5.65. The minimum Gasteiger partial charge on any atom is -0.493 e. The molecule has 1 N–H and O–H groups in total. The van der Waals surface area contributed by atoms with E-state index < -0.39 is 6.09 Å². The van der Waals surface area contributed by atoms with Crippen LogP contribution in [0.5, 0.6) is 11.5 Å². The molecule has 4 rings (SSSR count). The van der Waals surface area contributed by atoms with Crippen molar-refractivity contribution in [3.63, 3.8) is 0 Å². The van der Waals surface area contributed by atoms with Crippen LogP contribution in [-0.4, -0.2) is 42.4 Å². The van der Waals surface area contributed by atoms with Gasteiger partial charge in [-0.3, -0.25) is 0 Å². The third-order valence-electron chi connectivity index (χ3n) is 5.81. The largest absolute Gasteiger partial charge is 0.493 e. The predicted molar refractivity (Wildman–Crippen MR) is 103 cm³/mol. The molecule has 2 aromatic carbocycles. The van der Waals surface area contributed by atoms with E-state index in [0.29, 0.717) is 13.1 Å². The fourth-order valence-electron chi connectivity index (χ4n) is 4.35. The smallest absolute Gasteiger partial charge is 0.407 e. The number of hydrogen-bond acceptors (Lipinski definition) is 3. The van der Waals surface area contributed by atoms with Gasteiger partial charge in [-0.2, -0.15) is 0 Å². The maximum absolute atomic E-state index is 11.3.